The first-order valence-corrected chi connectivity index (χ1v) is 11.6. The molecule has 1 saturated heterocycles. The number of halogens is 1. The molecule has 4 aromatic rings. The minimum Gasteiger partial charge on any atom is -0.486 e. The zero-order valence-corrected chi connectivity index (χ0v) is 19.4. The molecule has 2 aromatic carbocycles. The van der Waals surface area contributed by atoms with Crippen molar-refractivity contribution in [3.05, 3.63) is 106 Å². The van der Waals surface area contributed by atoms with E-state index in [0.29, 0.717) is 35.7 Å². The van der Waals surface area contributed by atoms with E-state index in [1.54, 1.807) is 25.1 Å². The van der Waals surface area contributed by atoms with Gasteiger partial charge in [0.15, 0.2) is 0 Å². The van der Waals surface area contributed by atoms with Gasteiger partial charge in [-0.1, -0.05) is 40.6 Å². The lowest BCUT2D eigenvalue weighted by Crippen LogP contribution is -2.31. The van der Waals surface area contributed by atoms with Crippen LogP contribution >= 0.6 is 0 Å². The van der Waals surface area contributed by atoms with Gasteiger partial charge in [-0.2, -0.15) is 0 Å². The van der Waals surface area contributed by atoms with Gasteiger partial charge in [0, 0.05) is 18.7 Å². The van der Waals surface area contributed by atoms with Crippen LogP contribution in [0.25, 0.3) is 0 Å². The number of hydrogen-bond donors (Lipinski definition) is 0. The van der Waals surface area contributed by atoms with E-state index in [1.807, 2.05) is 41.3 Å². The Balaban J connectivity index is 1.35. The van der Waals surface area contributed by atoms with E-state index in [1.165, 1.54) is 12.1 Å². The van der Waals surface area contributed by atoms with Crippen LogP contribution in [0.2, 0.25) is 0 Å². The minimum absolute atomic E-state index is 0.101. The van der Waals surface area contributed by atoms with Gasteiger partial charge in [0.25, 0.3) is 5.91 Å². The van der Waals surface area contributed by atoms with Crippen molar-refractivity contribution < 1.29 is 18.6 Å². The summed E-state index contributed by atoms with van der Waals surface area (Å²) in [5.41, 5.74) is 4.27. The van der Waals surface area contributed by atoms with E-state index in [2.05, 4.69) is 10.3 Å². The van der Waals surface area contributed by atoms with Crippen molar-refractivity contribution in [2.45, 2.75) is 38.8 Å². The highest BCUT2D eigenvalue weighted by atomic mass is 19.1. The second-order valence-corrected chi connectivity index (χ2v) is 8.60. The summed E-state index contributed by atoms with van der Waals surface area (Å²) >= 11 is 0. The van der Waals surface area contributed by atoms with Crippen molar-refractivity contribution >= 4 is 5.91 Å². The number of rotatable bonds is 7. The number of carbonyl (C=O) groups is 1. The lowest BCUT2D eigenvalue weighted by atomic mass is 10.1. The Kier molecular flexibility index (Phi) is 6.52. The van der Waals surface area contributed by atoms with Gasteiger partial charge in [-0.3, -0.25) is 9.78 Å². The van der Waals surface area contributed by atoms with Gasteiger partial charge < -0.3 is 9.64 Å². The van der Waals surface area contributed by atoms with Crippen molar-refractivity contribution in [3.8, 4) is 5.75 Å². The highest BCUT2D eigenvalue weighted by Gasteiger charge is 2.33. The Bertz CT molecular complexity index is 1340. The van der Waals surface area contributed by atoms with Crippen molar-refractivity contribution in [2.75, 3.05) is 6.54 Å². The zero-order chi connectivity index (χ0) is 24.2. The number of hydrogen-bond acceptors (Lipinski definition) is 6. The molecular weight excluding hydrogens is 447 g/mol. The lowest BCUT2D eigenvalue weighted by Gasteiger charge is -2.25. The Labute approximate surface area is 202 Å². The van der Waals surface area contributed by atoms with Gasteiger partial charge in [0.2, 0.25) is 0 Å². The summed E-state index contributed by atoms with van der Waals surface area (Å²) < 4.78 is 24.2. The van der Waals surface area contributed by atoms with E-state index < -0.39 is 0 Å². The highest BCUT2D eigenvalue weighted by Crippen LogP contribution is 2.34. The third kappa shape index (κ3) is 5.06. The molecule has 0 aliphatic carbocycles. The number of aromatic nitrogens is 3. The van der Waals surface area contributed by atoms with Crippen LogP contribution in [0.3, 0.4) is 0 Å². The van der Waals surface area contributed by atoms with Crippen LogP contribution in [-0.2, 0) is 13.0 Å². The molecule has 0 unspecified atom stereocenters. The number of ether oxygens (including phenoxy) is 1. The summed E-state index contributed by atoms with van der Waals surface area (Å²) in [7, 11) is 0. The van der Waals surface area contributed by atoms with Crippen LogP contribution in [-0.4, -0.2) is 32.6 Å². The quantitative estimate of drug-likeness (QED) is 0.374. The summed E-state index contributed by atoms with van der Waals surface area (Å²) in [6.45, 7) is 2.59. The van der Waals surface area contributed by atoms with Gasteiger partial charge in [0.1, 0.15) is 29.6 Å². The van der Waals surface area contributed by atoms with Crippen molar-refractivity contribution in [2.24, 2.45) is 0 Å². The van der Waals surface area contributed by atoms with Crippen molar-refractivity contribution in [3.63, 3.8) is 0 Å². The summed E-state index contributed by atoms with van der Waals surface area (Å²) in [5.74, 6) is 0.121. The van der Waals surface area contributed by atoms with Crippen molar-refractivity contribution in [1.29, 1.82) is 0 Å². The SMILES string of the molecule is Cc1nonc1COc1ccccc1C(=O)N1CCC[C@@H]1c1cccc(Cc2cccc(F)c2)n1. The molecule has 1 amide bonds. The third-order valence-electron chi connectivity index (χ3n) is 6.19. The Morgan fingerprint density at radius 3 is 2.80 bits per heavy atom. The van der Waals surface area contributed by atoms with Gasteiger partial charge in [0.05, 0.1) is 17.3 Å². The molecule has 7 nitrogen and oxygen atoms in total. The van der Waals surface area contributed by atoms with E-state index in [0.717, 1.165) is 29.8 Å². The average Bonchev–Trinajstić information content (AvgIpc) is 3.52. The molecule has 0 radical (unpaired) electrons. The molecule has 5 rings (SSSR count). The predicted octanol–water partition coefficient (Wildman–Crippen LogP) is 5.06. The first-order chi connectivity index (χ1) is 17.1. The Hall–Kier alpha value is -4.07. The van der Waals surface area contributed by atoms with E-state index in [9.17, 15) is 9.18 Å². The van der Waals surface area contributed by atoms with Crippen LogP contribution < -0.4 is 4.74 Å². The topological polar surface area (TPSA) is 81.3 Å². The second-order valence-electron chi connectivity index (χ2n) is 8.60. The minimum atomic E-state index is -0.262. The maximum absolute atomic E-state index is 13.6. The largest absolute Gasteiger partial charge is 0.486 e. The molecule has 1 aliphatic rings. The van der Waals surface area contributed by atoms with Crippen molar-refractivity contribution in [1.82, 2.24) is 20.2 Å². The fraction of sp³-hybridized carbons (Fsp3) is 0.259. The van der Waals surface area contributed by atoms with E-state index in [-0.39, 0.29) is 24.4 Å². The van der Waals surface area contributed by atoms with E-state index in [4.69, 9.17) is 14.3 Å². The first kappa shape index (κ1) is 22.7. The molecular formula is C27H25FN4O3. The summed E-state index contributed by atoms with van der Waals surface area (Å²) in [6.07, 6.45) is 2.24. The average molecular weight is 473 g/mol. The monoisotopic (exact) mass is 472 g/mol. The van der Waals surface area contributed by atoms with Gasteiger partial charge >= 0.3 is 0 Å². The number of carbonyl (C=O) groups excluding carboxylic acids is 1. The molecule has 0 N–H and O–H groups in total. The number of aryl methyl sites for hydroxylation is 1. The van der Waals surface area contributed by atoms with Crippen LogP contribution in [0.1, 0.15) is 57.6 Å². The number of amides is 1. The fourth-order valence-corrected chi connectivity index (χ4v) is 4.41. The fourth-order valence-electron chi connectivity index (χ4n) is 4.41. The molecule has 1 fully saturated rings. The predicted molar refractivity (Wildman–Crippen MR) is 126 cm³/mol. The second kappa shape index (κ2) is 10.0. The molecule has 8 heteroatoms. The number of likely N-dealkylation sites (tertiary alicyclic amines) is 1. The number of para-hydroxylation sites is 1. The van der Waals surface area contributed by atoms with Gasteiger partial charge in [-0.15, -0.1) is 0 Å². The normalized spacial score (nSPS) is 15.4. The highest BCUT2D eigenvalue weighted by molar-refractivity contribution is 5.97. The van der Waals surface area contributed by atoms with Crippen LogP contribution in [0.15, 0.2) is 71.4 Å². The van der Waals surface area contributed by atoms with Crippen LogP contribution in [0.4, 0.5) is 4.39 Å². The molecule has 1 atom stereocenters. The van der Waals surface area contributed by atoms with Crippen LogP contribution in [0, 0.1) is 12.7 Å². The molecule has 35 heavy (non-hydrogen) atoms. The zero-order valence-electron chi connectivity index (χ0n) is 19.4. The van der Waals surface area contributed by atoms with Crippen LogP contribution in [0.5, 0.6) is 5.75 Å². The molecule has 178 valence electrons. The maximum Gasteiger partial charge on any atom is 0.258 e. The Morgan fingerprint density at radius 2 is 1.97 bits per heavy atom. The number of benzene rings is 2. The third-order valence-corrected chi connectivity index (χ3v) is 6.19. The van der Waals surface area contributed by atoms with Gasteiger partial charge in [-0.05, 0) is 61.7 Å². The molecule has 0 bridgehead atoms. The smallest absolute Gasteiger partial charge is 0.258 e. The summed E-state index contributed by atoms with van der Waals surface area (Å²) in [5, 5.41) is 7.61. The Morgan fingerprint density at radius 1 is 1.11 bits per heavy atom. The number of pyridine rings is 1. The molecule has 2 aromatic heterocycles. The van der Waals surface area contributed by atoms with Gasteiger partial charge in [-0.25, -0.2) is 9.02 Å². The summed E-state index contributed by atoms with van der Waals surface area (Å²) in [6, 6.07) is 19.4. The lowest BCUT2D eigenvalue weighted by molar-refractivity contribution is 0.0727. The maximum atomic E-state index is 13.6. The molecule has 0 spiro atoms. The first-order valence-electron chi connectivity index (χ1n) is 11.6. The molecule has 1 aliphatic heterocycles. The number of nitrogens with zero attached hydrogens (tertiary/aromatic N) is 4. The molecule has 0 saturated carbocycles. The standard InChI is InChI=1S/C27H25FN4O3/c1-18-24(31-35-30-18)17-34-26-13-3-2-10-22(26)27(33)32-14-6-12-25(32)23-11-5-9-21(29-23)16-19-7-4-8-20(28)15-19/h2-5,7-11,13,15,25H,6,12,14,16-17H2,1H3/t25-/m1/s1. The van der Waals surface area contributed by atoms with E-state index >= 15 is 0 Å². The summed E-state index contributed by atoms with van der Waals surface area (Å²) in [4.78, 5) is 20.3. The molecule has 3 heterocycles.